The number of rotatable bonds is 4. The molecule has 0 spiro atoms. The van der Waals surface area contributed by atoms with Gasteiger partial charge in [0.2, 0.25) is 11.8 Å². The molecule has 3 aliphatic heterocycles. The highest BCUT2D eigenvalue weighted by Crippen LogP contribution is 2.41. The number of halogens is 2. The predicted octanol–water partition coefficient (Wildman–Crippen LogP) is 2.88. The second-order valence-corrected chi connectivity index (χ2v) is 9.93. The third-order valence-corrected chi connectivity index (χ3v) is 7.59. The van der Waals surface area contributed by atoms with Crippen LogP contribution in [0.25, 0.3) is 10.9 Å². The Labute approximate surface area is 191 Å². The van der Waals surface area contributed by atoms with Crippen molar-refractivity contribution in [2.75, 3.05) is 31.1 Å². The summed E-state index contributed by atoms with van der Waals surface area (Å²) in [4.78, 5) is 26.0. The fourth-order valence-electron chi connectivity index (χ4n) is 5.64. The summed E-state index contributed by atoms with van der Waals surface area (Å²) in [5, 5.41) is 11.0. The summed E-state index contributed by atoms with van der Waals surface area (Å²) in [5.74, 6) is -0.987. The van der Waals surface area contributed by atoms with Gasteiger partial charge in [0, 0.05) is 44.1 Å². The molecule has 2 aromatic rings. The predicted molar refractivity (Wildman–Crippen MR) is 122 cm³/mol. The Bertz CT molecular complexity index is 1070. The average molecular weight is 460 g/mol. The Morgan fingerprint density at radius 2 is 1.79 bits per heavy atom. The maximum absolute atomic E-state index is 15.5. The van der Waals surface area contributed by atoms with E-state index in [4.69, 9.17) is 0 Å². The van der Waals surface area contributed by atoms with Crippen molar-refractivity contribution < 1.29 is 18.4 Å². The van der Waals surface area contributed by atoms with E-state index < -0.39 is 17.3 Å². The molecule has 7 nitrogen and oxygen atoms in total. The van der Waals surface area contributed by atoms with Crippen LogP contribution < -0.4 is 15.5 Å². The van der Waals surface area contributed by atoms with E-state index in [1.54, 1.807) is 4.68 Å². The van der Waals surface area contributed by atoms with Crippen LogP contribution in [0.4, 0.5) is 14.5 Å². The molecular formula is C24H31F2N5O2. The smallest absolute Gasteiger partial charge is 0.235 e. The molecule has 5 rings (SSSR count). The van der Waals surface area contributed by atoms with Gasteiger partial charge in [0.1, 0.15) is 11.3 Å². The number of piperidine rings is 3. The molecule has 3 aliphatic rings. The number of benzene rings is 1. The van der Waals surface area contributed by atoms with Gasteiger partial charge in [-0.15, -0.1) is 0 Å². The molecule has 3 fully saturated rings. The second kappa shape index (κ2) is 8.34. The number of alkyl halides is 2. The van der Waals surface area contributed by atoms with Crippen LogP contribution in [0.5, 0.6) is 0 Å². The molecule has 2 amide bonds. The van der Waals surface area contributed by atoms with E-state index in [9.17, 15) is 9.59 Å². The zero-order valence-electron chi connectivity index (χ0n) is 19.0. The van der Waals surface area contributed by atoms with Gasteiger partial charge in [-0.2, -0.15) is 5.10 Å². The van der Waals surface area contributed by atoms with Gasteiger partial charge in [-0.05, 0) is 63.4 Å². The maximum Gasteiger partial charge on any atom is 0.235 e. The molecule has 178 valence electrons. The monoisotopic (exact) mass is 459 g/mol. The van der Waals surface area contributed by atoms with Gasteiger partial charge in [0.05, 0.1) is 17.1 Å². The minimum Gasteiger partial charge on any atom is -0.371 e. The number of hydrogen-bond donors (Lipinski definition) is 2. The number of hydrogen-bond acceptors (Lipinski definition) is 5. The lowest BCUT2D eigenvalue weighted by Gasteiger charge is -2.42. The lowest BCUT2D eigenvalue weighted by atomic mass is 9.79. The summed E-state index contributed by atoms with van der Waals surface area (Å²) in [6.45, 7) is 2.30. The summed E-state index contributed by atoms with van der Waals surface area (Å²) in [6.07, 6.45) is 2.15. The third kappa shape index (κ3) is 4.35. The first-order valence-corrected chi connectivity index (χ1v) is 11.9. The van der Waals surface area contributed by atoms with Crippen LogP contribution in [0.3, 0.4) is 0 Å². The SMILES string of the molecule is Cn1nc(C2CCC(=O)NC2=O)c2ccc(N3CCC(F)(CC4(F)CCNCC4)CC3)cc21. The van der Waals surface area contributed by atoms with Crippen molar-refractivity contribution >= 4 is 28.4 Å². The first-order valence-electron chi connectivity index (χ1n) is 11.9. The molecule has 0 saturated carbocycles. The molecule has 9 heteroatoms. The Kier molecular flexibility index (Phi) is 5.63. The second-order valence-electron chi connectivity index (χ2n) is 9.93. The molecule has 33 heavy (non-hydrogen) atoms. The van der Waals surface area contributed by atoms with Crippen molar-refractivity contribution in [2.24, 2.45) is 7.05 Å². The summed E-state index contributed by atoms with van der Waals surface area (Å²) in [5.41, 5.74) is -0.318. The molecule has 0 aliphatic carbocycles. The van der Waals surface area contributed by atoms with Crippen molar-refractivity contribution in [1.82, 2.24) is 20.4 Å². The van der Waals surface area contributed by atoms with E-state index in [1.165, 1.54) is 0 Å². The van der Waals surface area contributed by atoms with Crippen LogP contribution >= 0.6 is 0 Å². The number of amides is 2. The van der Waals surface area contributed by atoms with E-state index in [0.717, 1.165) is 16.6 Å². The van der Waals surface area contributed by atoms with Crippen molar-refractivity contribution in [3.05, 3.63) is 23.9 Å². The number of nitrogens with one attached hydrogen (secondary N) is 2. The standard InChI is InChI=1S/C24H31F2N5O2/c1-30-19-14-16(2-3-17(19)21(29-30)18-4-5-20(32)28-22(18)33)31-12-8-24(26,9-13-31)15-23(25)6-10-27-11-7-23/h2-3,14,18,27H,4-13,15H2,1H3,(H,28,32,33). The fraction of sp³-hybridized carbons (Fsp3) is 0.625. The van der Waals surface area contributed by atoms with Crippen LogP contribution in [0.1, 0.15) is 56.6 Å². The molecule has 3 saturated heterocycles. The Balaban J connectivity index is 1.31. The minimum atomic E-state index is -1.46. The van der Waals surface area contributed by atoms with Gasteiger partial charge in [-0.25, -0.2) is 8.78 Å². The molecule has 4 heterocycles. The summed E-state index contributed by atoms with van der Waals surface area (Å²) in [7, 11) is 1.84. The Morgan fingerprint density at radius 3 is 2.48 bits per heavy atom. The highest BCUT2D eigenvalue weighted by atomic mass is 19.2. The summed E-state index contributed by atoms with van der Waals surface area (Å²) >= 11 is 0. The number of carbonyl (C=O) groups is 2. The van der Waals surface area contributed by atoms with Gasteiger partial charge >= 0.3 is 0 Å². The zero-order valence-corrected chi connectivity index (χ0v) is 19.0. The summed E-state index contributed by atoms with van der Waals surface area (Å²) < 4.78 is 32.4. The van der Waals surface area contributed by atoms with Gasteiger partial charge in [0.15, 0.2) is 0 Å². The topological polar surface area (TPSA) is 79.3 Å². The number of aryl methyl sites for hydroxylation is 1. The van der Waals surface area contributed by atoms with Gasteiger partial charge < -0.3 is 10.2 Å². The third-order valence-electron chi connectivity index (χ3n) is 7.59. The van der Waals surface area contributed by atoms with Crippen molar-refractivity contribution in [3.8, 4) is 0 Å². The molecule has 0 bridgehead atoms. The zero-order chi connectivity index (χ0) is 23.2. The molecule has 1 aromatic heterocycles. The Hall–Kier alpha value is -2.55. The normalized spacial score (nSPS) is 25.3. The largest absolute Gasteiger partial charge is 0.371 e. The minimum absolute atomic E-state index is 0.00833. The number of imide groups is 1. The molecular weight excluding hydrogens is 428 g/mol. The van der Waals surface area contributed by atoms with Crippen LogP contribution in [-0.4, -0.2) is 59.1 Å². The molecule has 1 atom stereocenters. The van der Waals surface area contributed by atoms with E-state index in [0.29, 0.717) is 70.4 Å². The van der Waals surface area contributed by atoms with Crippen molar-refractivity contribution in [2.45, 2.75) is 62.2 Å². The molecule has 2 N–H and O–H groups in total. The van der Waals surface area contributed by atoms with Gasteiger partial charge in [-0.1, -0.05) is 0 Å². The van der Waals surface area contributed by atoms with Crippen molar-refractivity contribution in [1.29, 1.82) is 0 Å². The average Bonchev–Trinajstić information content (AvgIpc) is 3.10. The Morgan fingerprint density at radius 1 is 1.09 bits per heavy atom. The highest BCUT2D eigenvalue weighted by molar-refractivity contribution is 6.02. The van der Waals surface area contributed by atoms with Crippen LogP contribution in [0.15, 0.2) is 18.2 Å². The van der Waals surface area contributed by atoms with Crippen LogP contribution in [0, 0.1) is 0 Å². The number of fused-ring (bicyclic) bond motifs is 1. The maximum atomic E-state index is 15.5. The lowest BCUT2D eigenvalue weighted by molar-refractivity contribution is -0.134. The van der Waals surface area contributed by atoms with E-state index in [-0.39, 0.29) is 18.2 Å². The summed E-state index contributed by atoms with van der Waals surface area (Å²) in [6, 6.07) is 5.96. The molecule has 1 unspecified atom stereocenters. The van der Waals surface area contributed by atoms with Gasteiger partial charge in [0.25, 0.3) is 0 Å². The van der Waals surface area contributed by atoms with Crippen molar-refractivity contribution in [3.63, 3.8) is 0 Å². The number of carbonyl (C=O) groups excluding carboxylic acids is 2. The van der Waals surface area contributed by atoms with Crippen LogP contribution in [0.2, 0.25) is 0 Å². The van der Waals surface area contributed by atoms with E-state index in [2.05, 4.69) is 20.6 Å². The molecule has 0 radical (unpaired) electrons. The fourth-order valence-corrected chi connectivity index (χ4v) is 5.64. The first-order chi connectivity index (χ1) is 15.8. The first kappa shape index (κ1) is 22.3. The van der Waals surface area contributed by atoms with Gasteiger partial charge in [-0.3, -0.25) is 19.6 Å². The number of nitrogens with zero attached hydrogens (tertiary/aromatic N) is 3. The van der Waals surface area contributed by atoms with E-state index in [1.807, 2.05) is 25.2 Å². The molecule has 1 aromatic carbocycles. The number of aromatic nitrogens is 2. The highest BCUT2D eigenvalue weighted by Gasteiger charge is 2.44. The lowest BCUT2D eigenvalue weighted by Crippen LogP contribution is -2.48. The number of anilines is 1. The van der Waals surface area contributed by atoms with Crippen LogP contribution in [-0.2, 0) is 16.6 Å². The van der Waals surface area contributed by atoms with E-state index >= 15 is 8.78 Å². The quantitative estimate of drug-likeness (QED) is 0.688.